The Hall–Kier alpha value is -2.90. The maximum absolute atomic E-state index is 12.8. The second-order valence-electron chi connectivity index (χ2n) is 6.33. The SMILES string of the molecule is COC(=O)C(C(=O)OC)N(CC(=O)OC(C)(C)C)C(=O)c1ccccc1. The van der Waals surface area contributed by atoms with E-state index in [0.29, 0.717) is 0 Å². The number of carbonyl (C=O) groups is 4. The number of amides is 1. The van der Waals surface area contributed by atoms with Crippen molar-refractivity contribution in [2.24, 2.45) is 0 Å². The van der Waals surface area contributed by atoms with Crippen molar-refractivity contribution in [2.75, 3.05) is 20.8 Å². The molecule has 0 aliphatic rings. The van der Waals surface area contributed by atoms with Gasteiger partial charge in [-0.1, -0.05) is 18.2 Å². The smallest absolute Gasteiger partial charge is 0.340 e. The van der Waals surface area contributed by atoms with Crippen LogP contribution < -0.4 is 0 Å². The van der Waals surface area contributed by atoms with E-state index in [9.17, 15) is 19.2 Å². The molecule has 0 aliphatic carbocycles. The summed E-state index contributed by atoms with van der Waals surface area (Å²) in [4.78, 5) is 50.0. The maximum atomic E-state index is 12.8. The van der Waals surface area contributed by atoms with Gasteiger partial charge in [-0.25, -0.2) is 9.59 Å². The lowest BCUT2D eigenvalue weighted by Crippen LogP contribution is -2.53. The molecule has 1 aromatic carbocycles. The molecule has 26 heavy (non-hydrogen) atoms. The molecule has 0 atom stereocenters. The fraction of sp³-hybridized carbons (Fsp3) is 0.444. The summed E-state index contributed by atoms with van der Waals surface area (Å²) in [7, 11) is 2.13. The van der Waals surface area contributed by atoms with Crippen molar-refractivity contribution in [2.45, 2.75) is 32.4 Å². The predicted octanol–water partition coefficient (Wildman–Crippen LogP) is 1.19. The summed E-state index contributed by atoms with van der Waals surface area (Å²) in [5.41, 5.74) is -0.612. The highest BCUT2D eigenvalue weighted by atomic mass is 16.6. The van der Waals surface area contributed by atoms with E-state index in [1.807, 2.05) is 0 Å². The number of ether oxygens (including phenoxy) is 3. The molecule has 0 saturated carbocycles. The Kier molecular flexibility index (Phi) is 7.30. The van der Waals surface area contributed by atoms with Gasteiger partial charge in [0, 0.05) is 5.56 Å². The van der Waals surface area contributed by atoms with Crippen LogP contribution in [0, 0.1) is 0 Å². The molecule has 0 unspecified atom stereocenters. The minimum absolute atomic E-state index is 0.189. The third-order valence-corrected chi connectivity index (χ3v) is 3.16. The van der Waals surface area contributed by atoms with E-state index in [0.717, 1.165) is 19.1 Å². The highest BCUT2D eigenvalue weighted by Gasteiger charge is 2.40. The maximum Gasteiger partial charge on any atom is 0.340 e. The first kappa shape index (κ1) is 21.1. The van der Waals surface area contributed by atoms with E-state index in [4.69, 9.17) is 4.74 Å². The number of hydrogen-bond donors (Lipinski definition) is 0. The predicted molar refractivity (Wildman–Crippen MR) is 91.1 cm³/mol. The first-order valence-electron chi connectivity index (χ1n) is 7.84. The minimum Gasteiger partial charge on any atom is -0.467 e. The van der Waals surface area contributed by atoms with Gasteiger partial charge in [0.15, 0.2) is 0 Å². The number of nitrogens with zero attached hydrogens (tertiary/aromatic N) is 1. The topological polar surface area (TPSA) is 99.2 Å². The molecule has 8 heteroatoms. The van der Waals surface area contributed by atoms with Crippen LogP contribution in [-0.2, 0) is 28.6 Å². The van der Waals surface area contributed by atoms with Crippen molar-refractivity contribution in [3.05, 3.63) is 35.9 Å². The number of esters is 3. The van der Waals surface area contributed by atoms with E-state index < -0.39 is 42.0 Å². The number of hydrogen-bond acceptors (Lipinski definition) is 7. The van der Waals surface area contributed by atoms with Crippen LogP contribution in [0.25, 0.3) is 0 Å². The second-order valence-corrected chi connectivity index (χ2v) is 6.33. The molecule has 0 radical (unpaired) electrons. The van der Waals surface area contributed by atoms with Crippen LogP contribution in [0.5, 0.6) is 0 Å². The van der Waals surface area contributed by atoms with Crippen molar-refractivity contribution in [1.82, 2.24) is 4.90 Å². The van der Waals surface area contributed by atoms with Gasteiger partial charge in [0.2, 0.25) is 6.04 Å². The second kappa shape index (κ2) is 8.98. The third kappa shape index (κ3) is 5.87. The quantitative estimate of drug-likeness (QED) is 0.424. The van der Waals surface area contributed by atoms with Crippen molar-refractivity contribution in [3.8, 4) is 0 Å². The summed E-state index contributed by atoms with van der Waals surface area (Å²) < 4.78 is 14.4. The number of rotatable bonds is 6. The highest BCUT2D eigenvalue weighted by Crippen LogP contribution is 2.14. The molecule has 0 spiro atoms. The summed E-state index contributed by atoms with van der Waals surface area (Å²) >= 11 is 0. The molecule has 0 fully saturated rings. The van der Waals surface area contributed by atoms with Crippen LogP contribution in [-0.4, -0.2) is 61.1 Å². The Morgan fingerprint density at radius 3 is 1.88 bits per heavy atom. The van der Waals surface area contributed by atoms with E-state index in [2.05, 4.69) is 9.47 Å². The first-order valence-corrected chi connectivity index (χ1v) is 7.84. The third-order valence-electron chi connectivity index (χ3n) is 3.16. The normalized spacial score (nSPS) is 10.8. The molecular weight excluding hydrogens is 342 g/mol. The molecule has 1 amide bonds. The van der Waals surface area contributed by atoms with Gasteiger partial charge in [-0.15, -0.1) is 0 Å². The van der Waals surface area contributed by atoms with Crippen LogP contribution in [0.15, 0.2) is 30.3 Å². The summed E-state index contributed by atoms with van der Waals surface area (Å²) in [5, 5.41) is 0. The minimum atomic E-state index is -1.73. The molecule has 0 heterocycles. The van der Waals surface area contributed by atoms with Gasteiger partial charge in [0.25, 0.3) is 5.91 Å². The lowest BCUT2D eigenvalue weighted by Gasteiger charge is -2.29. The van der Waals surface area contributed by atoms with E-state index in [-0.39, 0.29) is 5.56 Å². The van der Waals surface area contributed by atoms with Gasteiger partial charge in [0.05, 0.1) is 14.2 Å². The zero-order chi connectivity index (χ0) is 19.9. The van der Waals surface area contributed by atoms with Crippen LogP contribution in [0.4, 0.5) is 0 Å². The van der Waals surface area contributed by atoms with Crippen molar-refractivity contribution in [1.29, 1.82) is 0 Å². The molecule has 0 aliphatic heterocycles. The molecule has 0 N–H and O–H groups in total. The monoisotopic (exact) mass is 365 g/mol. The van der Waals surface area contributed by atoms with Crippen LogP contribution >= 0.6 is 0 Å². The Morgan fingerprint density at radius 2 is 1.46 bits per heavy atom. The molecule has 0 aromatic heterocycles. The van der Waals surface area contributed by atoms with E-state index in [1.54, 1.807) is 39.0 Å². The number of benzene rings is 1. The number of methoxy groups -OCH3 is 2. The van der Waals surface area contributed by atoms with Gasteiger partial charge in [-0.3, -0.25) is 9.59 Å². The fourth-order valence-electron chi connectivity index (χ4n) is 2.11. The zero-order valence-electron chi connectivity index (χ0n) is 15.5. The lowest BCUT2D eigenvalue weighted by molar-refractivity contribution is -0.163. The number of carbonyl (C=O) groups excluding carboxylic acids is 4. The fourth-order valence-corrected chi connectivity index (χ4v) is 2.11. The van der Waals surface area contributed by atoms with Crippen LogP contribution in [0.1, 0.15) is 31.1 Å². The molecule has 8 nitrogen and oxygen atoms in total. The van der Waals surface area contributed by atoms with Crippen molar-refractivity contribution >= 4 is 23.8 Å². The van der Waals surface area contributed by atoms with Gasteiger partial charge >= 0.3 is 17.9 Å². The van der Waals surface area contributed by atoms with Gasteiger partial charge < -0.3 is 19.1 Å². The molecule has 142 valence electrons. The Balaban J connectivity index is 3.26. The van der Waals surface area contributed by atoms with Crippen molar-refractivity contribution in [3.63, 3.8) is 0 Å². The summed E-state index contributed by atoms with van der Waals surface area (Å²) in [6, 6.07) is 6.19. The van der Waals surface area contributed by atoms with Crippen LogP contribution in [0.2, 0.25) is 0 Å². The molecular formula is C18H23NO7. The van der Waals surface area contributed by atoms with Gasteiger partial charge in [-0.2, -0.15) is 0 Å². The average molecular weight is 365 g/mol. The summed E-state index contributed by atoms with van der Waals surface area (Å²) in [5.74, 6) is -3.54. The highest BCUT2D eigenvalue weighted by molar-refractivity contribution is 6.06. The van der Waals surface area contributed by atoms with E-state index >= 15 is 0 Å². The first-order chi connectivity index (χ1) is 12.1. The van der Waals surface area contributed by atoms with Crippen LogP contribution in [0.3, 0.4) is 0 Å². The Bertz CT molecular complexity index is 648. The average Bonchev–Trinajstić information content (AvgIpc) is 2.59. The van der Waals surface area contributed by atoms with Crippen molar-refractivity contribution < 1.29 is 33.4 Å². The standard InChI is InChI=1S/C18H23NO7/c1-18(2,3)26-13(20)11-19(14(16(22)24-4)17(23)25-5)15(21)12-9-7-6-8-10-12/h6-10,14H,11H2,1-5H3. The zero-order valence-corrected chi connectivity index (χ0v) is 15.5. The molecule has 0 bridgehead atoms. The molecule has 1 rings (SSSR count). The summed E-state index contributed by atoms with van der Waals surface area (Å²) in [6.45, 7) is 4.35. The lowest BCUT2D eigenvalue weighted by atomic mass is 10.1. The summed E-state index contributed by atoms with van der Waals surface area (Å²) in [6.07, 6.45) is 0. The van der Waals surface area contributed by atoms with E-state index in [1.165, 1.54) is 12.1 Å². The largest absolute Gasteiger partial charge is 0.467 e. The molecule has 0 saturated heterocycles. The Morgan fingerprint density at radius 1 is 0.962 bits per heavy atom. The van der Waals surface area contributed by atoms with Gasteiger partial charge in [-0.05, 0) is 32.9 Å². The molecule has 1 aromatic rings. The Labute approximate surface area is 152 Å². The van der Waals surface area contributed by atoms with Gasteiger partial charge in [0.1, 0.15) is 12.1 Å².